The van der Waals surface area contributed by atoms with Gasteiger partial charge in [-0.15, -0.1) is 0 Å². The van der Waals surface area contributed by atoms with Gasteiger partial charge in [0, 0.05) is 24.4 Å². The van der Waals surface area contributed by atoms with E-state index in [1.54, 1.807) is 0 Å². The van der Waals surface area contributed by atoms with E-state index in [2.05, 4.69) is 60.5 Å². The second kappa shape index (κ2) is 30.7. The number of nitrogens with zero attached hydrogens (tertiary/aromatic N) is 1. The van der Waals surface area contributed by atoms with E-state index in [0.717, 1.165) is 57.5 Å². The van der Waals surface area contributed by atoms with Crippen molar-refractivity contribution >= 4 is 8.80 Å². The maximum absolute atomic E-state index is 7.26. The molecule has 0 spiro atoms. The van der Waals surface area contributed by atoms with E-state index in [0.29, 0.717) is 0 Å². The number of rotatable bonds is 34. The van der Waals surface area contributed by atoms with Gasteiger partial charge < -0.3 is 18.2 Å². The maximum Gasteiger partial charge on any atom is 0.501 e. The molecular formula is C38H81NO3Si. The number of unbranched alkanes of at least 4 members (excludes halogenated alkanes) is 15. The Morgan fingerprint density at radius 1 is 0.419 bits per heavy atom. The predicted octanol–water partition coefficient (Wildman–Crippen LogP) is 12.5. The molecule has 43 heavy (non-hydrogen) atoms. The summed E-state index contributed by atoms with van der Waals surface area (Å²) >= 11 is 0. The summed E-state index contributed by atoms with van der Waals surface area (Å²) in [7, 11) is 1.48. The summed E-state index contributed by atoms with van der Waals surface area (Å²) in [5, 5.41) is 0. The molecule has 0 rings (SSSR count). The molecule has 5 heteroatoms. The van der Waals surface area contributed by atoms with E-state index in [1.807, 2.05) is 0 Å². The van der Waals surface area contributed by atoms with Crippen molar-refractivity contribution in [3.05, 3.63) is 0 Å². The molecule has 260 valence electrons. The van der Waals surface area contributed by atoms with Gasteiger partial charge in [-0.2, -0.15) is 0 Å². The smallest absolute Gasteiger partial charge is 0.370 e. The van der Waals surface area contributed by atoms with Crippen molar-refractivity contribution in [2.24, 2.45) is 0 Å². The molecule has 4 nitrogen and oxygen atoms in total. The highest BCUT2D eigenvalue weighted by Gasteiger charge is 2.46. The monoisotopic (exact) mass is 628 g/mol. The van der Waals surface area contributed by atoms with E-state index >= 15 is 0 Å². The Morgan fingerprint density at radius 3 is 1.00 bits per heavy atom. The molecule has 0 amide bonds. The Balaban J connectivity index is 5.72. The topological polar surface area (TPSA) is 30.9 Å². The molecule has 0 aromatic rings. The molecule has 0 heterocycles. The normalized spacial score (nSPS) is 15.6. The average molecular weight is 628 g/mol. The van der Waals surface area contributed by atoms with Crippen LogP contribution in [0, 0.1) is 0 Å². The van der Waals surface area contributed by atoms with Gasteiger partial charge >= 0.3 is 8.80 Å². The lowest BCUT2D eigenvalue weighted by atomic mass is 10.1. The molecule has 0 radical (unpaired) electrons. The Kier molecular flexibility index (Phi) is 30.7. The van der Waals surface area contributed by atoms with Crippen LogP contribution in [0.15, 0.2) is 0 Å². The molecular weight excluding hydrogens is 547 g/mol. The van der Waals surface area contributed by atoms with Crippen LogP contribution in [-0.2, 0) is 13.3 Å². The standard InChI is InChI=1S/C38H81NO3Si/c1-9-15-18-21-24-27-31-36(12-4)40-43(35-30-34-39(7)8,41-37(13-5)32-28-25-22-19-16-10-2)42-38(14-6)33-29-26-23-20-17-11-3/h36-38H,9-35H2,1-8H3. The molecule has 0 aliphatic carbocycles. The zero-order valence-corrected chi connectivity index (χ0v) is 32.0. The summed E-state index contributed by atoms with van der Waals surface area (Å²) in [6.07, 6.45) is 32.3. The van der Waals surface area contributed by atoms with Gasteiger partial charge in [0.1, 0.15) is 0 Å². The van der Waals surface area contributed by atoms with Crippen molar-refractivity contribution in [2.45, 2.75) is 226 Å². The van der Waals surface area contributed by atoms with Gasteiger partial charge in [-0.25, -0.2) is 0 Å². The van der Waals surface area contributed by atoms with Gasteiger partial charge in [-0.3, -0.25) is 0 Å². The second-order valence-corrected chi connectivity index (χ2v) is 16.3. The molecule has 0 aliphatic rings. The van der Waals surface area contributed by atoms with Crippen LogP contribution in [0.3, 0.4) is 0 Å². The summed E-state index contributed by atoms with van der Waals surface area (Å²) in [4.78, 5) is 2.30. The van der Waals surface area contributed by atoms with Crippen LogP contribution in [0.25, 0.3) is 0 Å². The first-order valence-electron chi connectivity index (χ1n) is 19.6. The van der Waals surface area contributed by atoms with Crippen LogP contribution in [0.2, 0.25) is 6.04 Å². The first-order valence-corrected chi connectivity index (χ1v) is 21.5. The van der Waals surface area contributed by atoms with E-state index in [1.165, 1.54) is 116 Å². The third-order valence-corrected chi connectivity index (χ3v) is 12.2. The summed E-state index contributed by atoms with van der Waals surface area (Å²) in [6, 6.07) is 0.943. The minimum absolute atomic E-state index is 0.246. The lowest BCUT2D eigenvalue weighted by Gasteiger charge is -2.39. The number of hydrogen-bond acceptors (Lipinski definition) is 4. The first-order chi connectivity index (χ1) is 20.9. The van der Waals surface area contributed by atoms with Crippen LogP contribution >= 0.6 is 0 Å². The first kappa shape index (κ1) is 43.1. The van der Waals surface area contributed by atoms with Crippen molar-refractivity contribution in [3.63, 3.8) is 0 Å². The molecule has 0 aromatic carbocycles. The van der Waals surface area contributed by atoms with Gasteiger partial charge in [-0.1, -0.05) is 157 Å². The van der Waals surface area contributed by atoms with E-state index < -0.39 is 8.80 Å². The summed E-state index contributed by atoms with van der Waals surface area (Å²) in [5.74, 6) is 0. The fourth-order valence-electron chi connectivity index (χ4n) is 6.13. The highest BCUT2D eigenvalue weighted by Crippen LogP contribution is 2.30. The molecule has 0 fully saturated rings. The highest BCUT2D eigenvalue weighted by atomic mass is 28.4. The zero-order chi connectivity index (χ0) is 32.0. The predicted molar refractivity (Wildman–Crippen MR) is 193 cm³/mol. The van der Waals surface area contributed by atoms with Crippen molar-refractivity contribution in [1.82, 2.24) is 4.90 Å². The SMILES string of the molecule is CCCCCCCCC(CC)O[Si](CCCN(C)C)(OC(CC)CCCCCCCC)OC(CC)CCCCCCCC. The van der Waals surface area contributed by atoms with Crippen molar-refractivity contribution in [1.29, 1.82) is 0 Å². The quantitative estimate of drug-likeness (QED) is 0.0524. The van der Waals surface area contributed by atoms with Gasteiger partial charge in [0.05, 0.1) is 0 Å². The molecule has 0 N–H and O–H groups in total. The van der Waals surface area contributed by atoms with Gasteiger partial charge in [0.25, 0.3) is 0 Å². The summed E-state index contributed by atoms with van der Waals surface area (Å²) in [6.45, 7) is 14.9. The molecule has 0 aliphatic heterocycles. The average Bonchev–Trinajstić information content (AvgIpc) is 3.00. The molecule has 0 saturated heterocycles. The maximum atomic E-state index is 7.26. The molecule has 0 aromatic heterocycles. The minimum Gasteiger partial charge on any atom is -0.370 e. The third kappa shape index (κ3) is 24.9. The van der Waals surface area contributed by atoms with Crippen LogP contribution in [0.1, 0.15) is 202 Å². The number of hydrogen-bond donors (Lipinski definition) is 0. The molecule has 0 saturated carbocycles. The zero-order valence-electron chi connectivity index (χ0n) is 31.0. The van der Waals surface area contributed by atoms with Crippen LogP contribution in [0.5, 0.6) is 0 Å². The molecule has 3 atom stereocenters. The summed E-state index contributed by atoms with van der Waals surface area (Å²) < 4.78 is 21.8. The van der Waals surface area contributed by atoms with Crippen LogP contribution < -0.4 is 0 Å². The second-order valence-electron chi connectivity index (χ2n) is 13.7. The lowest BCUT2D eigenvalue weighted by molar-refractivity contribution is -0.0293. The third-order valence-electron chi connectivity index (χ3n) is 9.13. The molecule has 0 bridgehead atoms. The minimum atomic E-state index is -2.88. The van der Waals surface area contributed by atoms with Crippen LogP contribution in [0.4, 0.5) is 0 Å². The largest absolute Gasteiger partial charge is 0.501 e. The van der Waals surface area contributed by atoms with E-state index in [4.69, 9.17) is 13.3 Å². The Labute approximate surface area is 273 Å². The molecule has 3 unspecified atom stereocenters. The van der Waals surface area contributed by atoms with Crippen LogP contribution in [-0.4, -0.2) is 52.7 Å². The van der Waals surface area contributed by atoms with Crippen molar-refractivity contribution in [3.8, 4) is 0 Å². The lowest BCUT2D eigenvalue weighted by Crippen LogP contribution is -2.53. The fraction of sp³-hybridized carbons (Fsp3) is 1.00. The Morgan fingerprint density at radius 2 is 0.721 bits per heavy atom. The summed E-state index contributed by atoms with van der Waals surface area (Å²) in [5.41, 5.74) is 0. The van der Waals surface area contributed by atoms with Gasteiger partial charge in [0.2, 0.25) is 0 Å². The Bertz CT molecular complexity index is 497. The van der Waals surface area contributed by atoms with Gasteiger partial charge in [-0.05, 0) is 65.6 Å². The highest BCUT2D eigenvalue weighted by molar-refractivity contribution is 6.60. The van der Waals surface area contributed by atoms with Crippen molar-refractivity contribution in [2.75, 3.05) is 20.6 Å². The van der Waals surface area contributed by atoms with E-state index in [-0.39, 0.29) is 18.3 Å². The van der Waals surface area contributed by atoms with Crippen molar-refractivity contribution < 1.29 is 13.3 Å². The fourth-order valence-corrected chi connectivity index (χ4v) is 9.62. The Hall–Kier alpha value is 0.0569. The van der Waals surface area contributed by atoms with Gasteiger partial charge in [0.15, 0.2) is 0 Å². The van der Waals surface area contributed by atoms with E-state index in [9.17, 15) is 0 Å².